The van der Waals surface area contributed by atoms with Crippen molar-refractivity contribution in [3.05, 3.63) is 53.0 Å². The molecule has 2 rings (SSSR count). The third-order valence-corrected chi connectivity index (χ3v) is 3.26. The molecule has 2 N–H and O–H groups in total. The largest absolute Gasteiger partial charge is 0.504 e. The van der Waals surface area contributed by atoms with Crippen molar-refractivity contribution in [2.75, 3.05) is 12.4 Å². The Morgan fingerprint density at radius 3 is 2.58 bits per heavy atom. The van der Waals surface area contributed by atoms with E-state index in [-0.39, 0.29) is 5.75 Å². The van der Waals surface area contributed by atoms with Crippen molar-refractivity contribution < 1.29 is 9.84 Å². The molecular weight excluding hydrogens is 326 g/mol. The average Bonchev–Trinajstić information content (AvgIpc) is 2.51. The van der Waals surface area contributed by atoms with E-state index in [1.54, 1.807) is 18.2 Å². The van der Waals surface area contributed by atoms with Crippen LogP contribution in [0.5, 0.6) is 11.5 Å². The Morgan fingerprint density at radius 1 is 1.21 bits per heavy atom. The van der Waals surface area contributed by atoms with Crippen molar-refractivity contribution in [3.8, 4) is 11.5 Å². The number of benzene rings is 1. The van der Waals surface area contributed by atoms with Gasteiger partial charge < -0.3 is 15.2 Å². The summed E-state index contributed by atoms with van der Waals surface area (Å²) in [5, 5.41) is 14.6. The Morgan fingerprint density at radius 2 is 1.96 bits per heavy atom. The Bertz CT molecular complexity index is 834. The number of hydrogen-bond acceptors (Lipinski definition) is 5. The van der Waals surface area contributed by atoms with Gasteiger partial charge in [-0.25, -0.2) is 9.97 Å². The maximum atomic E-state index is 9.90. The van der Waals surface area contributed by atoms with Gasteiger partial charge in [0.1, 0.15) is 12.1 Å². The number of phenolic OH excluding ortho intramolecular Hbond substituents is 1. The van der Waals surface area contributed by atoms with Crippen LogP contribution in [0.2, 0.25) is 0 Å². The highest BCUT2D eigenvalue weighted by atomic mass is 35.5. The van der Waals surface area contributed by atoms with E-state index in [1.165, 1.54) is 13.4 Å². The van der Waals surface area contributed by atoms with Crippen LogP contribution in [0, 0.1) is 0 Å². The second-order valence-corrected chi connectivity index (χ2v) is 6.08. The number of nitrogens with zero attached hydrogens (tertiary/aromatic N) is 2. The molecule has 0 amide bonds. The summed E-state index contributed by atoms with van der Waals surface area (Å²) in [6, 6.07) is 3.25. The predicted molar refractivity (Wildman–Crippen MR) is 98.5 cm³/mol. The molecule has 24 heavy (non-hydrogen) atoms. The van der Waals surface area contributed by atoms with Gasteiger partial charge in [-0.1, -0.05) is 17.2 Å². The summed E-state index contributed by atoms with van der Waals surface area (Å²) in [4.78, 5) is 8.49. The second-order valence-electron chi connectivity index (χ2n) is 5.49. The van der Waals surface area contributed by atoms with Crippen LogP contribution >= 0.6 is 11.6 Å². The van der Waals surface area contributed by atoms with Gasteiger partial charge in [-0.2, -0.15) is 0 Å². The number of rotatable bonds is 5. The smallest absolute Gasteiger partial charge is 0.161 e. The molecule has 0 saturated carbocycles. The number of anilines is 1. The molecule has 1 heterocycles. The Kier molecular flexibility index (Phi) is 5.82. The van der Waals surface area contributed by atoms with Crippen LogP contribution in [-0.2, 0) is 0 Å². The molecule has 1 aromatic carbocycles. The molecule has 0 fully saturated rings. The van der Waals surface area contributed by atoms with Crippen molar-refractivity contribution in [2.24, 2.45) is 0 Å². The zero-order valence-electron chi connectivity index (χ0n) is 14.1. The second kappa shape index (κ2) is 7.84. The molecule has 0 saturated heterocycles. The predicted octanol–water partition coefficient (Wildman–Crippen LogP) is 4.75. The number of aromatic hydroxyl groups is 1. The topological polar surface area (TPSA) is 67.3 Å². The minimum atomic E-state index is 0.0374. The van der Waals surface area contributed by atoms with E-state index in [2.05, 4.69) is 15.3 Å². The van der Waals surface area contributed by atoms with E-state index in [0.29, 0.717) is 22.1 Å². The molecule has 0 atom stereocenters. The summed E-state index contributed by atoms with van der Waals surface area (Å²) in [7, 11) is 1.50. The summed E-state index contributed by atoms with van der Waals surface area (Å²) < 4.78 is 5.17. The van der Waals surface area contributed by atoms with E-state index in [4.69, 9.17) is 16.3 Å². The minimum Gasteiger partial charge on any atom is -0.504 e. The highest BCUT2D eigenvalue weighted by molar-refractivity contribution is 6.29. The van der Waals surface area contributed by atoms with Crippen LogP contribution in [0.4, 0.5) is 5.82 Å². The quantitative estimate of drug-likeness (QED) is 0.765. The van der Waals surface area contributed by atoms with Crippen LogP contribution in [0.15, 0.2) is 53.0 Å². The maximum absolute atomic E-state index is 9.90. The van der Waals surface area contributed by atoms with Gasteiger partial charge in [-0.05, 0) is 45.1 Å². The highest BCUT2D eigenvalue weighted by Gasteiger charge is 2.10. The van der Waals surface area contributed by atoms with E-state index in [0.717, 1.165) is 16.7 Å². The SMILES string of the molecule is COc1cc2c(N/C(C=C(C)C)=C/C=C(\C)Cl)ncnc2cc1O. The third kappa shape index (κ3) is 4.49. The van der Waals surface area contributed by atoms with Crippen LogP contribution < -0.4 is 10.1 Å². The summed E-state index contributed by atoms with van der Waals surface area (Å²) in [5.74, 6) is 1.02. The fraction of sp³-hybridized carbons (Fsp3) is 0.222. The molecule has 0 aliphatic heterocycles. The van der Waals surface area contributed by atoms with Gasteiger partial charge in [0.15, 0.2) is 11.5 Å². The summed E-state index contributed by atoms with van der Waals surface area (Å²) in [6.45, 7) is 5.82. The number of fused-ring (bicyclic) bond motifs is 1. The molecule has 6 heteroatoms. The number of aromatic nitrogens is 2. The lowest BCUT2D eigenvalue weighted by Crippen LogP contribution is -2.01. The maximum Gasteiger partial charge on any atom is 0.161 e. The van der Waals surface area contributed by atoms with Gasteiger partial charge in [0, 0.05) is 22.2 Å². The molecule has 0 radical (unpaired) electrons. The molecule has 0 aliphatic carbocycles. The number of methoxy groups -OCH3 is 1. The fourth-order valence-corrected chi connectivity index (χ4v) is 2.18. The summed E-state index contributed by atoms with van der Waals surface area (Å²) in [5.41, 5.74) is 2.58. The van der Waals surface area contributed by atoms with Gasteiger partial charge in [0.25, 0.3) is 0 Å². The van der Waals surface area contributed by atoms with Gasteiger partial charge >= 0.3 is 0 Å². The Hall–Kier alpha value is -2.53. The standard InChI is InChI=1S/C18H20ClN3O2/c1-11(2)7-13(6-5-12(3)19)22-18-14-8-17(24-4)16(23)9-15(14)20-10-21-18/h5-10,23H,1-4H3,(H,20,21,22)/b12-5+,13-6+. The number of nitrogens with one attached hydrogen (secondary N) is 1. The lowest BCUT2D eigenvalue weighted by molar-refractivity contribution is 0.374. The molecule has 126 valence electrons. The lowest BCUT2D eigenvalue weighted by Gasteiger charge is -2.11. The first-order chi connectivity index (χ1) is 11.4. The zero-order valence-corrected chi connectivity index (χ0v) is 14.8. The normalized spacial score (nSPS) is 12.2. The van der Waals surface area contributed by atoms with Crippen molar-refractivity contribution >= 4 is 28.3 Å². The molecule has 0 aliphatic rings. The molecule has 2 aromatic rings. The van der Waals surface area contributed by atoms with Gasteiger partial charge in [0.2, 0.25) is 0 Å². The third-order valence-electron chi connectivity index (χ3n) is 3.14. The van der Waals surface area contributed by atoms with Gasteiger partial charge in [-0.15, -0.1) is 0 Å². The zero-order chi connectivity index (χ0) is 17.7. The fourth-order valence-electron chi connectivity index (χ4n) is 2.11. The van der Waals surface area contributed by atoms with Crippen molar-refractivity contribution in [3.63, 3.8) is 0 Å². The average molecular weight is 346 g/mol. The van der Waals surface area contributed by atoms with Crippen molar-refractivity contribution in [1.29, 1.82) is 0 Å². The van der Waals surface area contributed by atoms with E-state index in [9.17, 15) is 5.11 Å². The molecule has 0 unspecified atom stereocenters. The summed E-state index contributed by atoms with van der Waals surface area (Å²) in [6.07, 6.45) is 7.11. The first-order valence-corrected chi connectivity index (χ1v) is 7.76. The Balaban J connectivity index is 2.52. The summed E-state index contributed by atoms with van der Waals surface area (Å²) >= 11 is 5.91. The molecule has 0 spiro atoms. The van der Waals surface area contributed by atoms with Crippen molar-refractivity contribution in [2.45, 2.75) is 20.8 Å². The monoisotopic (exact) mass is 345 g/mol. The first kappa shape index (κ1) is 17.8. The molecule has 0 bridgehead atoms. The van der Waals surface area contributed by atoms with E-state index < -0.39 is 0 Å². The minimum absolute atomic E-state index is 0.0374. The first-order valence-electron chi connectivity index (χ1n) is 7.38. The highest BCUT2D eigenvalue weighted by Crippen LogP contribution is 2.33. The number of allylic oxidation sites excluding steroid dienone is 5. The van der Waals surface area contributed by atoms with Gasteiger partial charge in [-0.3, -0.25) is 0 Å². The number of phenols is 1. The van der Waals surface area contributed by atoms with E-state index >= 15 is 0 Å². The Labute approximate surface area is 146 Å². The molecule has 1 aromatic heterocycles. The van der Waals surface area contributed by atoms with Crippen LogP contribution in [0.25, 0.3) is 10.9 Å². The lowest BCUT2D eigenvalue weighted by atomic mass is 10.2. The number of hydrogen-bond donors (Lipinski definition) is 2. The van der Waals surface area contributed by atoms with Crippen LogP contribution in [0.1, 0.15) is 20.8 Å². The van der Waals surface area contributed by atoms with Crippen LogP contribution in [0.3, 0.4) is 0 Å². The number of ether oxygens (including phenoxy) is 1. The molecular formula is C18H20ClN3O2. The van der Waals surface area contributed by atoms with Crippen molar-refractivity contribution in [1.82, 2.24) is 9.97 Å². The number of halogens is 1. The van der Waals surface area contributed by atoms with Crippen LogP contribution in [-0.4, -0.2) is 22.2 Å². The van der Waals surface area contributed by atoms with E-state index in [1.807, 2.05) is 32.9 Å². The molecule has 5 nitrogen and oxygen atoms in total. The van der Waals surface area contributed by atoms with Gasteiger partial charge in [0.05, 0.1) is 12.6 Å².